The Morgan fingerprint density at radius 2 is 1.96 bits per heavy atom. The summed E-state index contributed by atoms with van der Waals surface area (Å²) in [6.07, 6.45) is 0. The first-order valence-corrected chi connectivity index (χ1v) is 7.43. The van der Waals surface area contributed by atoms with Gasteiger partial charge in [0.1, 0.15) is 0 Å². The number of nitrogen functional groups attached to an aromatic ring is 1. The molecule has 124 valence electrons. The van der Waals surface area contributed by atoms with Crippen LogP contribution in [0.25, 0.3) is 0 Å². The third kappa shape index (κ3) is 3.73. The van der Waals surface area contributed by atoms with Gasteiger partial charge in [-0.25, -0.2) is 4.79 Å². The molecule has 0 aliphatic carbocycles. The van der Waals surface area contributed by atoms with Gasteiger partial charge in [0.15, 0.2) is 0 Å². The first kappa shape index (κ1) is 16.0. The van der Waals surface area contributed by atoms with Crippen LogP contribution in [0.4, 0.5) is 28.1 Å². The van der Waals surface area contributed by atoms with Gasteiger partial charge in [0.05, 0.1) is 11.6 Å². The maximum absolute atomic E-state index is 12.3. The molecular formula is C17H15N7O. The van der Waals surface area contributed by atoms with E-state index in [4.69, 9.17) is 11.0 Å². The summed E-state index contributed by atoms with van der Waals surface area (Å²) in [5, 5.41) is 18.5. The van der Waals surface area contributed by atoms with Crippen LogP contribution in [0.1, 0.15) is 11.1 Å². The van der Waals surface area contributed by atoms with Crippen LogP contribution < -0.4 is 16.4 Å². The fourth-order valence-electron chi connectivity index (χ4n) is 2.18. The number of carbonyl (C=O) groups excluding carboxylic acids is 1. The zero-order valence-corrected chi connectivity index (χ0v) is 13.4. The molecule has 0 atom stereocenters. The quantitative estimate of drug-likeness (QED) is 0.677. The van der Waals surface area contributed by atoms with E-state index in [1.165, 1.54) is 0 Å². The summed E-state index contributed by atoms with van der Waals surface area (Å²) < 4.78 is 0.980. The van der Waals surface area contributed by atoms with Gasteiger partial charge in [-0.15, -0.1) is 9.78 Å². The fraction of sp³-hybridized carbons (Fsp3) is 0.0588. The molecule has 1 amide bonds. The van der Waals surface area contributed by atoms with Crippen molar-refractivity contribution >= 4 is 29.3 Å². The van der Waals surface area contributed by atoms with Gasteiger partial charge in [0.2, 0.25) is 11.9 Å². The molecule has 0 unspecified atom stereocenters. The largest absolute Gasteiger partial charge is 0.368 e. The van der Waals surface area contributed by atoms with Gasteiger partial charge in [-0.05, 0) is 48.9 Å². The van der Waals surface area contributed by atoms with Crippen molar-refractivity contribution in [3.63, 3.8) is 0 Å². The van der Waals surface area contributed by atoms with Crippen molar-refractivity contribution < 1.29 is 4.79 Å². The summed E-state index contributed by atoms with van der Waals surface area (Å²) in [7, 11) is 0. The summed E-state index contributed by atoms with van der Waals surface area (Å²) in [5.74, 6) is 0.142. The van der Waals surface area contributed by atoms with E-state index in [9.17, 15) is 4.79 Å². The van der Waals surface area contributed by atoms with Crippen molar-refractivity contribution in [2.45, 2.75) is 6.92 Å². The minimum Gasteiger partial charge on any atom is -0.368 e. The maximum Gasteiger partial charge on any atom is 0.349 e. The van der Waals surface area contributed by atoms with Crippen molar-refractivity contribution in [2.24, 2.45) is 0 Å². The lowest BCUT2D eigenvalue weighted by Crippen LogP contribution is -2.22. The molecule has 8 nitrogen and oxygen atoms in total. The van der Waals surface area contributed by atoms with Crippen molar-refractivity contribution in [3.8, 4) is 6.07 Å². The highest BCUT2D eigenvalue weighted by atomic mass is 16.2. The summed E-state index contributed by atoms with van der Waals surface area (Å²) in [4.78, 5) is 16.3. The molecule has 0 saturated heterocycles. The van der Waals surface area contributed by atoms with Crippen LogP contribution in [0.5, 0.6) is 0 Å². The zero-order valence-electron chi connectivity index (χ0n) is 13.4. The Balaban J connectivity index is 1.75. The molecule has 4 N–H and O–H groups in total. The lowest BCUT2D eigenvalue weighted by atomic mass is 10.2. The maximum atomic E-state index is 12.3. The van der Waals surface area contributed by atoms with Crippen LogP contribution in [-0.2, 0) is 0 Å². The summed E-state index contributed by atoms with van der Waals surface area (Å²) >= 11 is 0. The smallest absolute Gasteiger partial charge is 0.349 e. The number of nitrogens with zero attached hydrogens (tertiary/aromatic N) is 4. The first-order chi connectivity index (χ1) is 12.0. The number of anilines is 4. The molecule has 3 aromatic rings. The molecule has 0 fully saturated rings. The normalized spacial score (nSPS) is 10.1. The number of nitriles is 1. The lowest BCUT2D eigenvalue weighted by molar-refractivity contribution is 0.251. The number of rotatable bonds is 3. The molecule has 1 aromatic heterocycles. The Bertz CT molecular complexity index is 954. The molecule has 0 bridgehead atoms. The van der Waals surface area contributed by atoms with Crippen molar-refractivity contribution in [3.05, 3.63) is 59.7 Å². The Kier molecular flexibility index (Phi) is 4.30. The number of amides is 1. The molecule has 3 rings (SSSR count). The second-order valence-electron chi connectivity index (χ2n) is 5.32. The molecule has 0 aliphatic heterocycles. The summed E-state index contributed by atoms with van der Waals surface area (Å²) in [6, 6.07) is 15.6. The van der Waals surface area contributed by atoms with Crippen LogP contribution in [0.3, 0.4) is 0 Å². The number of hydrogen-bond acceptors (Lipinski definition) is 6. The molecule has 8 heteroatoms. The van der Waals surface area contributed by atoms with E-state index in [2.05, 4.69) is 20.7 Å². The predicted molar refractivity (Wildman–Crippen MR) is 94.5 cm³/mol. The highest BCUT2D eigenvalue weighted by molar-refractivity contribution is 5.92. The second-order valence-corrected chi connectivity index (χ2v) is 5.32. The molecule has 0 aliphatic rings. The van der Waals surface area contributed by atoms with E-state index < -0.39 is 6.03 Å². The van der Waals surface area contributed by atoms with Gasteiger partial charge in [-0.2, -0.15) is 10.2 Å². The van der Waals surface area contributed by atoms with Gasteiger partial charge >= 0.3 is 6.03 Å². The first-order valence-electron chi connectivity index (χ1n) is 7.43. The van der Waals surface area contributed by atoms with Crippen molar-refractivity contribution in [1.29, 1.82) is 5.26 Å². The van der Waals surface area contributed by atoms with Gasteiger partial charge in [0.25, 0.3) is 0 Å². The second kappa shape index (κ2) is 6.72. The van der Waals surface area contributed by atoms with Crippen molar-refractivity contribution in [2.75, 3.05) is 16.4 Å². The van der Waals surface area contributed by atoms with Crippen LogP contribution >= 0.6 is 0 Å². The molecule has 1 heterocycles. The van der Waals surface area contributed by atoms with Gasteiger partial charge in [-0.1, -0.05) is 12.1 Å². The minimum absolute atomic E-state index is 0.0405. The minimum atomic E-state index is -0.511. The van der Waals surface area contributed by atoms with Gasteiger partial charge in [-0.3, -0.25) is 0 Å². The van der Waals surface area contributed by atoms with E-state index in [1.807, 2.05) is 31.2 Å². The summed E-state index contributed by atoms with van der Waals surface area (Å²) in [6.45, 7) is 1.93. The topological polar surface area (TPSA) is 122 Å². The number of benzene rings is 2. The number of nitrogens with two attached hydrogens (primary N) is 1. The number of nitrogens with one attached hydrogen (secondary N) is 2. The number of aryl methyl sites for hydroxylation is 1. The molecule has 25 heavy (non-hydrogen) atoms. The molecule has 0 saturated carbocycles. The predicted octanol–water partition coefficient (Wildman–Crippen LogP) is 2.86. The van der Waals surface area contributed by atoms with Gasteiger partial charge in [0, 0.05) is 11.4 Å². The van der Waals surface area contributed by atoms with Crippen LogP contribution in [0.15, 0.2) is 48.5 Å². The average molecular weight is 333 g/mol. The molecule has 0 spiro atoms. The average Bonchev–Trinajstić information content (AvgIpc) is 2.96. The summed E-state index contributed by atoms with van der Waals surface area (Å²) in [5.41, 5.74) is 8.65. The van der Waals surface area contributed by atoms with E-state index in [-0.39, 0.29) is 11.9 Å². The fourth-order valence-corrected chi connectivity index (χ4v) is 2.18. The van der Waals surface area contributed by atoms with Crippen LogP contribution in [0.2, 0.25) is 0 Å². The SMILES string of the molecule is Cc1cccc(NC(=O)n2nc(Nc3ccc(C#N)cc3)nc2N)c1. The number of aromatic nitrogens is 3. The molecule has 2 aromatic carbocycles. The lowest BCUT2D eigenvalue weighted by Gasteiger charge is -2.05. The van der Waals surface area contributed by atoms with Crippen LogP contribution in [0, 0.1) is 18.3 Å². The standard InChI is InChI=1S/C17H15N7O/c1-11-3-2-4-14(9-11)21-17(25)24-15(19)22-16(23-24)20-13-7-5-12(10-18)6-8-13/h2-9H,1H3,(H,21,25)(H3,19,20,22,23). The Morgan fingerprint density at radius 3 is 2.64 bits per heavy atom. The monoisotopic (exact) mass is 333 g/mol. The molecule has 0 radical (unpaired) electrons. The van der Waals surface area contributed by atoms with E-state index in [0.29, 0.717) is 16.9 Å². The van der Waals surface area contributed by atoms with E-state index >= 15 is 0 Å². The van der Waals surface area contributed by atoms with Crippen LogP contribution in [-0.4, -0.2) is 20.8 Å². The third-order valence-corrected chi connectivity index (χ3v) is 3.36. The van der Waals surface area contributed by atoms with Gasteiger partial charge < -0.3 is 16.4 Å². The molecular weight excluding hydrogens is 318 g/mol. The van der Waals surface area contributed by atoms with Crippen molar-refractivity contribution in [1.82, 2.24) is 14.8 Å². The Morgan fingerprint density at radius 1 is 1.20 bits per heavy atom. The third-order valence-electron chi connectivity index (χ3n) is 3.36. The van der Waals surface area contributed by atoms with E-state index in [1.54, 1.807) is 30.3 Å². The number of hydrogen-bond donors (Lipinski definition) is 3. The highest BCUT2D eigenvalue weighted by Crippen LogP contribution is 2.16. The van der Waals surface area contributed by atoms with E-state index in [0.717, 1.165) is 10.2 Å². The number of carbonyl (C=O) groups is 1. The Labute approximate surface area is 143 Å². The zero-order chi connectivity index (χ0) is 17.8. The Hall–Kier alpha value is -3.86. The highest BCUT2D eigenvalue weighted by Gasteiger charge is 2.14.